The standard InChI is InChI=1S/C11H12ClN3O3/c1-4-18-9(16)11(2,6-13)8-7(12)5-14-10(15-8)17-3/h5H,4H2,1-3H3. The summed E-state index contributed by atoms with van der Waals surface area (Å²) < 4.78 is 9.71. The van der Waals surface area contributed by atoms with Crippen LogP contribution in [-0.2, 0) is 14.9 Å². The molecule has 0 spiro atoms. The SMILES string of the molecule is CCOC(=O)C(C)(C#N)c1nc(OC)ncc1Cl. The van der Waals surface area contributed by atoms with Crippen molar-refractivity contribution in [2.45, 2.75) is 19.3 Å². The third-order valence-electron chi connectivity index (χ3n) is 2.29. The summed E-state index contributed by atoms with van der Waals surface area (Å²) in [7, 11) is 1.38. The third-order valence-corrected chi connectivity index (χ3v) is 2.56. The first-order valence-electron chi connectivity index (χ1n) is 5.15. The maximum Gasteiger partial charge on any atom is 0.332 e. The van der Waals surface area contributed by atoms with Crippen molar-refractivity contribution in [2.75, 3.05) is 13.7 Å². The van der Waals surface area contributed by atoms with Crippen LogP contribution in [0.4, 0.5) is 0 Å². The quantitative estimate of drug-likeness (QED) is 0.770. The van der Waals surface area contributed by atoms with Gasteiger partial charge in [0.05, 0.1) is 36.7 Å². The van der Waals surface area contributed by atoms with E-state index < -0.39 is 11.4 Å². The molecule has 0 bridgehead atoms. The van der Waals surface area contributed by atoms with Gasteiger partial charge in [0.15, 0.2) is 5.41 Å². The highest BCUT2D eigenvalue weighted by atomic mass is 35.5. The van der Waals surface area contributed by atoms with Gasteiger partial charge in [0.1, 0.15) is 0 Å². The summed E-state index contributed by atoms with van der Waals surface area (Å²) in [6, 6.07) is 1.89. The summed E-state index contributed by atoms with van der Waals surface area (Å²) in [6.45, 7) is 3.20. The largest absolute Gasteiger partial charge is 0.467 e. The predicted octanol–water partition coefficient (Wildman–Crippen LogP) is 1.48. The summed E-state index contributed by atoms with van der Waals surface area (Å²) in [5.41, 5.74) is -1.53. The van der Waals surface area contributed by atoms with Gasteiger partial charge < -0.3 is 9.47 Å². The van der Waals surface area contributed by atoms with Gasteiger partial charge in [-0.15, -0.1) is 0 Å². The van der Waals surface area contributed by atoms with Crippen LogP contribution in [0.1, 0.15) is 19.5 Å². The number of rotatable bonds is 4. The number of hydrogen-bond donors (Lipinski definition) is 0. The molecule has 1 rings (SSSR count). The van der Waals surface area contributed by atoms with Gasteiger partial charge in [-0.2, -0.15) is 10.2 Å². The Morgan fingerprint density at radius 1 is 1.67 bits per heavy atom. The Hall–Kier alpha value is -1.87. The zero-order chi connectivity index (χ0) is 13.8. The number of halogens is 1. The molecule has 0 saturated carbocycles. The fourth-order valence-electron chi connectivity index (χ4n) is 1.27. The number of hydrogen-bond acceptors (Lipinski definition) is 6. The predicted molar refractivity (Wildman–Crippen MR) is 63.2 cm³/mol. The second-order valence-electron chi connectivity index (χ2n) is 3.51. The van der Waals surface area contributed by atoms with E-state index >= 15 is 0 Å². The normalized spacial score (nSPS) is 13.3. The van der Waals surface area contributed by atoms with Gasteiger partial charge in [-0.1, -0.05) is 11.6 Å². The van der Waals surface area contributed by atoms with E-state index in [1.54, 1.807) is 6.92 Å². The third kappa shape index (κ3) is 2.51. The lowest BCUT2D eigenvalue weighted by Gasteiger charge is -2.19. The first-order chi connectivity index (χ1) is 8.49. The minimum Gasteiger partial charge on any atom is -0.467 e. The van der Waals surface area contributed by atoms with E-state index in [2.05, 4.69) is 9.97 Å². The Balaban J connectivity index is 3.32. The van der Waals surface area contributed by atoms with E-state index in [1.165, 1.54) is 20.2 Å². The molecule has 1 aromatic heterocycles. The van der Waals surface area contributed by atoms with Gasteiger partial charge in [0.25, 0.3) is 0 Å². The molecular formula is C11H12ClN3O3. The molecule has 0 amide bonds. The number of methoxy groups -OCH3 is 1. The van der Waals surface area contributed by atoms with Gasteiger partial charge >= 0.3 is 12.0 Å². The zero-order valence-corrected chi connectivity index (χ0v) is 11.0. The van der Waals surface area contributed by atoms with Crippen LogP contribution in [-0.4, -0.2) is 29.7 Å². The van der Waals surface area contributed by atoms with Crippen molar-refractivity contribution in [3.8, 4) is 12.1 Å². The molecule has 18 heavy (non-hydrogen) atoms. The van der Waals surface area contributed by atoms with E-state index in [4.69, 9.17) is 21.1 Å². The molecule has 0 radical (unpaired) electrons. The lowest BCUT2D eigenvalue weighted by atomic mass is 9.88. The Labute approximate surface area is 110 Å². The van der Waals surface area contributed by atoms with Crippen LogP contribution in [0.15, 0.2) is 6.20 Å². The molecule has 0 aliphatic rings. The van der Waals surface area contributed by atoms with E-state index in [0.717, 1.165) is 0 Å². The summed E-state index contributed by atoms with van der Waals surface area (Å²) in [5.74, 6) is -0.713. The Morgan fingerprint density at radius 3 is 2.83 bits per heavy atom. The van der Waals surface area contributed by atoms with Crippen molar-refractivity contribution in [3.05, 3.63) is 16.9 Å². The number of ether oxygens (including phenoxy) is 2. The number of carbonyl (C=O) groups is 1. The molecule has 0 N–H and O–H groups in total. The molecule has 0 saturated heterocycles. The number of nitrogens with zero attached hydrogens (tertiary/aromatic N) is 3. The van der Waals surface area contributed by atoms with Crippen molar-refractivity contribution in [1.82, 2.24) is 9.97 Å². The van der Waals surface area contributed by atoms with Crippen molar-refractivity contribution < 1.29 is 14.3 Å². The summed E-state index contributed by atoms with van der Waals surface area (Å²) >= 11 is 5.92. The maximum absolute atomic E-state index is 11.8. The average molecular weight is 270 g/mol. The molecule has 1 aromatic rings. The topological polar surface area (TPSA) is 85.1 Å². The summed E-state index contributed by atoms with van der Waals surface area (Å²) in [5, 5.41) is 9.32. The number of nitriles is 1. The number of aromatic nitrogens is 2. The van der Waals surface area contributed by atoms with Crippen LogP contribution >= 0.6 is 11.6 Å². The molecule has 7 heteroatoms. The lowest BCUT2D eigenvalue weighted by Crippen LogP contribution is -2.34. The van der Waals surface area contributed by atoms with Crippen LogP contribution < -0.4 is 4.74 Å². The molecule has 1 heterocycles. The first-order valence-corrected chi connectivity index (χ1v) is 5.52. The van der Waals surface area contributed by atoms with Crippen molar-refractivity contribution in [2.24, 2.45) is 0 Å². The van der Waals surface area contributed by atoms with Gasteiger partial charge in [-0.25, -0.2) is 9.78 Å². The lowest BCUT2D eigenvalue weighted by molar-refractivity contribution is -0.147. The van der Waals surface area contributed by atoms with Crippen LogP contribution in [0.3, 0.4) is 0 Å². The minimum absolute atomic E-state index is 0.0279. The molecule has 6 nitrogen and oxygen atoms in total. The van der Waals surface area contributed by atoms with Crippen LogP contribution in [0.5, 0.6) is 6.01 Å². The van der Waals surface area contributed by atoms with Gasteiger partial charge in [-0.05, 0) is 13.8 Å². The fourth-order valence-corrected chi connectivity index (χ4v) is 1.55. The van der Waals surface area contributed by atoms with Crippen LogP contribution in [0.25, 0.3) is 0 Å². The molecular weight excluding hydrogens is 258 g/mol. The molecule has 0 aliphatic carbocycles. The highest BCUT2D eigenvalue weighted by Gasteiger charge is 2.41. The molecule has 96 valence electrons. The molecule has 0 aromatic carbocycles. The van der Waals surface area contributed by atoms with Gasteiger partial charge in [0, 0.05) is 0 Å². The monoisotopic (exact) mass is 269 g/mol. The number of carbonyl (C=O) groups excluding carboxylic acids is 1. The number of esters is 1. The van der Waals surface area contributed by atoms with Gasteiger partial charge in [0.2, 0.25) is 0 Å². The smallest absolute Gasteiger partial charge is 0.332 e. The molecule has 1 unspecified atom stereocenters. The average Bonchev–Trinajstić information content (AvgIpc) is 2.38. The minimum atomic E-state index is -1.59. The van der Waals surface area contributed by atoms with Crippen molar-refractivity contribution >= 4 is 17.6 Å². The summed E-state index contributed by atoms with van der Waals surface area (Å²) in [6.07, 6.45) is 1.28. The zero-order valence-electron chi connectivity index (χ0n) is 10.2. The highest BCUT2D eigenvalue weighted by Crippen LogP contribution is 2.30. The second-order valence-corrected chi connectivity index (χ2v) is 3.92. The first kappa shape index (κ1) is 14.2. The molecule has 1 atom stereocenters. The van der Waals surface area contributed by atoms with E-state index in [1.807, 2.05) is 6.07 Å². The van der Waals surface area contributed by atoms with E-state index in [-0.39, 0.29) is 23.3 Å². The molecule has 0 aliphatic heterocycles. The highest BCUT2D eigenvalue weighted by molar-refractivity contribution is 6.31. The van der Waals surface area contributed by atoms with E-state index in [9.17, 15) is 10.1 Å². The Bertz CT molecular complexity index is 501. The summed E-state index contributed by atoms with van der Waals surface area (Å²) in [4.78, 5) is 19.6. The second kappa shape index (κ2) is 5.65. The molecule has 0 fully saturated rings. The van der Waals surface area contributed by atoms with E-state index in [0.29, 0.717) is 0 Å². The Kier molecular flexibility index (Phi) is 4.45. The fraction of sp³-hybridized carbons (Fsp3) is 0.455. The van der Waals surface area contributed by atoms with Crippen LogP contribution in [0.2, 0.25) is 5.02 Å². The maximum atomic E-state index is 11.8. The van der Waals surface area contributed by atoms with Gasteiger partial charge in [-0.3, -0.25) is 0 Å². The van der Waals surface area contributed by atoms with Crippen LogP contribution in [0, 0.1) is 11.3 Å². The van der Waals surface area contributed by atoms with Crippen molar-refractivity contribution in [1.29, 1.82) is 5.26 Å². The Morgan fingerprint density at radius 2 is 2.33 bits per heavy atom. The van der Waals surface area contributed by atoms with Crippen molar-refractivity contribution in [3.63, 3.8) is 0 Å².